The molecule has 0 rings (SSSR count). The Morgan fingerprint density at radius 2 is 1.79 bits per heavy atom. The van der Waals surface area contributed by atoms with Gasteiger partial charge < -0.3 is 15.8 Å². The molecule has 1 amide bonds. The number of hydrogen-bond acceptors (Lipinski definition) is 4. The number of carbonyl (C=O) groups is 1. The van der Waals surface area contributed by atoms with Crippen molar-refractivity contribution in [2.45, 2.75) is 79.6 Å². The van der Waals surface area contributed by atoms with Crippen molar-refractivity contribution >= 4 is 11.8 Å². The lowest BCUT2D eigenvalue weighted by atomic mass is 10.1. The second-order valence-electron chi connectivity index (χ2n) is 5.92. The van der Waals surface area contributed by atoms with Crippen molar-refractivity contribution in [1.29, 1.82) is 0 Å². The molecule has 0 aliphatic carbocycles. The van der Waals surface area contributed by atoms with Gasteiger partial charge in [0, 0.05) is 13.3 Å². The van der Waals surface area contributed by atoms with Crippen LogP contribution in [0.3, 0.4) is 0 Å². The van der Waals surface area contributed by atoms with E-state index in [1.165, 1.54) is 0 Å². The summed E-state index contributed by atoms with van der Waals surface area (Å²) in [5.74, 6) is 0.780. The number of nitrogens with zero attached hydrogens (tertiary/aromatic N) is 1. The molecule has 138 valence electrons. The molecule has 0 heterocycles. The van der Waals surface area contributed by atoms with Crippen LogP contribution in [0.2, 0.25) is 0 Å². The average Bonchev–Trinajstić information content (AvgIpc) is 2.55. The zero-order chi connectivity index (χ0) is 18.4. The summed E-state index contributed by atoms with van der Waals surface area (Å²) in [6, 6.07) is 0. The summed E-state index contributed by atoms with van der Waals surface area (Å²) in [5.41, 5.74) is 7.65. The molecule has 0 saturated carbocycles. The average molecular weight is 338 g/mol. The van der Waals surface area contributed by atoms with Crippen molar-refractivity contribution in [3.63, 3.8) is 0 Å². The topological polar surface area (TPSA) is 76.7 Å². The van der Waals surface area contributed by atoms with Crippen LogP contribution in [0.15, 0.2) is 28.2 Å². The maximum Gasteiger partial charge on any atom is 0.224 e. The molecule has 0 spiro atoms. The highest BCUT2D eigenvalue weighted by atomic mass is 16.5. The van der Waals surface area contributed by atoms with Gasteiger partial charge in [0.2, 0.25) is 5.91 Å². The number of nitrogens with one attached hydrogen (secondary N) is 1. The van der Waals surface area contributed by atoms with Crippen LogP contribution in [0.25, 0.3) is 0 Å². The molecule has 5 heteroatoms. The highest BCUT2D eigenvalue weighted by molar-refractivity contribution is 5.79. The van der Waals surface area contributed by atoms with Crippen LogP contribution < -0.4 is 11.1 Å². The monoisotopic (exact) mass is 337 g/mol. The van der Waals surface area contributed by atoms with Gasteiger partial charge in [-0.15, -0.1) is 0 Å². The zero-order valence-corrected chi connectivity index (χ0v) is 16.1. The van der Waals surface area contributed by atoms with Gasteiger partial charge >= 0.3 is 0 Å². The highest BCUT2D eigenvalue weighted by Crippen LogP contribution is 2.13. The van der Waals surface area contributed by atoms with E-state index in [2.05, 4.69) is 37.2 Å². The zero-order valence-electron chi connectivity index (χ0n) is 16.1. The first kappa shape index (κ1) is 22.2. The summed E-state index contributed by atoms with van der Waals surface area (Å²) in [6.07, 6.45) is 8.42. The fraction of sp³-hybridized carbons (Fsp3) is 0.684. The van der Waals surface area contributed by atoms with Crippen LogP contribution in [-0.2, 0) is 9.53 Å². The van der Waals surface area contributed by atoms with Gasteiger partial charge in [0.25, 0.3) is 0 Å². The number of ether oxygens (including phenoxy) is 1. The molecule has 0 aromatic carbocycles. The summed E-state index contributed by atoms with van der Waals surface area (Å²) in [6.45, 7) is 10.6. The van der Waals surface area contributed by atoms with Crippen LogP contribution in [0.1, 0.15) is 79.6 Å². The van der Waals surface area contributed by atoms with Gasteiger partial charge in [-0.05, 0) is 31.8 Å². The van der Waals surface area contributed by atoms with E-state index < -0.39 is 0 Å². The third kappa shape index (κ3) is 10.1. The van der Waals surface area contributed by atoms with Crippen LogP contribution in [0, 0.1) is 0 Å². The molecule has 0 aliphatic heterocycles. The molecular formula is C19H35N3O2. The molecule has 0 aliphatic rings. The molecule has 0 fully saturated rings. The van der Waals surface area contributed by atoms with E-state index in [0.717, 1.165) is 44.1 Å². The second kappa shape index (κ2) is 13.6. The molecule has 5 nitrogen and oxygen atoms in total. The Morgan fingerprint density at radius 3 is 2.38 bits per heavy atom. The predicted molar refractivity (Wildman–Crippen MR) is 102 cm³/mol. The van der Waals surface area contributed by atoms with Crippen molar-refractivity contribution in [2.24, 2.45) is 10.7 Å². The summed E-state index contributed by atoms with van der Waals surface area (Å²) in [4.78, 5) is 16.4. The standard InChI is InChI=1S/C19H35N3O2/c1-6-9-12-15(4)18(22-17(23)13-10-7-2)19(20)21-16(5)24-14-11-8-3/h12H,6-11,13-14,20H2,1-5H3,(H,22,23)/b15-12+,19-18+,21-16+. The molecular weight excluding hydrogens is 302 g/mol. The molecule has 0 atom stereocenters. The number of unbranched alkanes of at least 4 members (excludes halogenated alkanes) is 3. The predicted octanol–water partition coefficient (Wildman–Crippen LogP) is 4.40. The fourth-order valence-electron chi connectivity index (χ4n) is 1.99. The summed E-state index contributed by atoms with van der Waals surface area (Å²) < 4.78 is 5.54. The molecule has 0 unspecified atom stereocenters. The lowest BCUT2D eigenvalue weighted by molar-refractivity contribution is -0.120. The summed E-state index contributed by atoms with van der Waals surface area (Å²) in [5, 5.41) is 2.92. The van der Waals surface area contributed by atoms with E-state index >= 15 is 0 Å². The summed E-state index contributed by atoms with van der Waals surface area (Å²) >= 11 is 0. The van der Waals surface area contributed by atoms with E-state index in [4.69, 9.17) is 10.5 Å². The van der Waals surface area contributed by atoms with E-state index in [1.807, 2.05) is 6.92 Å². The number of aliphatic imine (C=N–C) groups is 1. The van der Waals surface area contributed by atoms with E-state index in [0.29, 0.717) is 30.4 Å². The minimum Gasteiger partial charge on any atom is -0.481 e. The Bertz CT molecular complexity index is 465. The van der Waals surface area contributed by atoms with Gasteiger partial charge in [-0.25, -0.2) is 0 Å². The van der Waals surface area contributed by atoms with Crippen molar-refractivity contribution < 1.29 is 9.53 Å². The Balaban J connectivity index is 5.24. The third-order valence-electron chi connectivity index (χ3n) is 3.50. The molecule has 0 aromatic heterocycles. The number of rotatable bonds is 11. The molecule has 0 radical (unpaired) electrons. The van der Waals surface area contributed by atoms with Crippen molar-refractivity contribution in [1.82, 2.24) is 5.32 Å². The van der Waals surface area contributed by atoms with Gasteiger partial charge in [0.15, 0.2) is 11.7 Å². The van der Waals surface area contributed by atoms with Crippen LogP contribution in [0.5, 0.6) is 0 Å². The Labute approximate surface area is 147 Å². The molecule has 3 N–H and O–H groups in total. The van der Waals surface area contributed by atoms with Crippen LogP contribution >= 0.6 is 0 Å². The van der Waals surface area contributed by atoms with Gasteiger partial charge in [-0.1, -0.05) is 46.1 Å². The largest absolute Gasteiger partial charge is 0.481 e. The van der Waals surface area contributed by atoms with Crippen molar-refractivity contribution in [2.75, 3.05) is 6.61 Å². The normalized spacial score (nSPS) is 13.5. The fourth-order valence-corrected chi connectivity index (χ4v) is 1.99. The number of nitrogens with two attached hydrogens (primary N) is 1. The minimum absolute atomic E-state index is 0.0289. The van der Waals surface area contributed by atoms with E-state index in [1.54, 1.807) is 6.92 Å². The Morgan fingerprint density at radius 1 is 1.12 bits per heavy atom. The van der Waals surface area contributed by atoms with Crippen molar-refractivity contribution in [3.8, 4) is 0 Å². The van der Waals surface area contributed by atoms with Gasteiger partial charge in [0.1, 0.15) is 0 Å². The molecule has 0 saturated heterocycles. The smallest absolute Gasteiger partial charge is 0.224 e. The number of carbonyl (C=O) groups excluding carboxylic acids is 1. The lowest BCUT2D eigenvalue weighted by Gasteiger charge is -2.13. The van der Waals surface area contributed by atoms with Crippen LogP contribution in [0.4, 0.5) is 0 Å². The van der Waals surface area contributed by atoms with Gasteiger partial charge in [0.05, 0.1) is 12.3 Å². The second-order valence-corrected chi connectivity index (χ2v) is 5.92. The van der Waals surface area contributed by atoms with Crippen molar-refractivity contribution in [3.05, 3.63) is 23.2 Å². The SMILES string of the molecule is CCC/C=C(C)/C(NC(=O)CCCC)=C(N)\N=C(/C)OCCCC. The molecule has 24 heavy (non-hydrogen) atoms. The van der Waals surface area contributed by atoms with E-state index in [9.17, 15) is 4.79 Å². The van der Waals surface area contributed by atoms with Gasteiger partial charge in [-0.3, -0.25) is 4.79 Å². The van der Waals surface area contributed by atoms with Crippen LogP contribution in [-0.4, -0.2) is 18.4 Å². The molecule has 0 bridgehead atoms. The first-order valence-electron chi connectivity index (χ1n) is 9.10. The highest BCUT2D eigenvalue weighted by Gasteiger charge is 2.11. The lowest BCUT2D eigenvalue weighted by Crippen LogP contribution is -2.26. The Hall–Kier alpha value is -1.78. The van der Waals surface area contributed by atoms with E-state index in [-0.39, 0.29) is 5.91 Å². The third-order valence-corrected chi connectivity index (χ3v) is 3.50. The molecule has 0 aromatic rings. The number of hydrogen-bond donors (Lipinski definition) is 2. The van der Waals surface area contributed by atoms with Gasteiger partial charge in [-0.2, -0.15) is 4.99 Å². The maximum absolute atomic E-state index is 12.1. The quantitative estimate of drug-likeness (QED) is 0.254. The minimum atomic E-state index is -0.0289. The summed E-state index contributed by atoms with van der Waals surface area (Å²) in [7, 11) is 0. The number of allylic oxidation sites excluding steroid dienone is 2. The number of amides is 1. The maximum atomic E-state index is 12.1. The Kier molecular flexibility index (Phi) is 12.6. The first-order chi connectivity index (χ1) is 11.5. The first-order valence-corrected chi connectivity index (χ1v) is 9.10.